The highest BCUT2D eigenvalue weighted by molar-refractivity contribution is 6.05. The number of aryl methyl sites for hydroxylation is 2. The molecule has 3 aromatic carbocycles. The van der Waals surface area contributed by atoms with Crippen molar-refractivity contribution in [3.8, 4) is 5.75 Å². The number of hydrogen-bond acceptors (Lipinski definition) is 3. The first-order valence-electron chi connectivity index (χ1n) is 9.51. The van der Waals surface area contributed by atoms with E-state index in [-0.39, 0.29) is 18.4 Å². The second kappa shape index (κ2) is 7.80. The minimum Gasteiger partial charge on any atom is -0.482 e. The lowest BCUT2D eigenvalue weighted by Crippen LogP contribution is -2.38. The van der Waals surface area contributed by atoms with Crippen molar-refractivity contribution in [2.24, 2.45) is 0 Å². The van der Waals surface area contributed by atoms with Gasteiger partial charge in [0.2, 0.25) is 0 Å². The SMILES string of the molecule is Cc1ccc(C(=O)Nc2ccc3c(c2)N(Cc2ccccc2C)C(=O)CO3)cc1. The van der Waals surface area contributed by atoms with Crippen molar-refractivity contribution in [3.63, 3.8) is 0 Å². The van der Waals surface area contributed by atoms with Crippen molar-refractivity contribution >= 4 is 23.2 Å². The van der Waals surface area contributed by atoms with Gasteiger partial charge in [-0.2, -0.15) is 0 Å². The second-order valence-corrected chi connectivity index (χ2v) is 7.20. The van der Waals surface area contributed by atoms with Gasteiger partial charge >= 0.3 is 0 Å². The largest absolute Gasteiger partial charge is 0.482 e. The first-order chi connectivity index (χ1) is 14.0. The smallest absolute Gasteiger partial charge is 0.265 e. The number of ether oxygens (including phenoxy) is 1. The molecule has 3 aromatic rings. The van der Waals surface area contributed by atoms with Crippen molar-refractivity contribution < 1.29 is 14.3 Å². The molecule has 0 unspecified atom stereocenters. The predicted molar refractivity (Wildman–Crippen MR) is 113 cm³/mol. The number of nitrogens with one attached hydrogen (secondary N) is 1. The lowest BCUT2D eigenvalue weighted by atomic mass is 10.1. The van der Waals surface area contributed by atoms with E-state index in [9.17, 15) is 9.59 Å². The van der Waals surface area contributed by atoms with Crippen molar-refractivity contribution in [1.29, 1.82) is 0 Å². The van der Waals surface area contributed by atoms with Gasteiger partial charge in [0.15, 0.2) is 6.61 Å². The molecule has 0 spiro atoms. The highest BCUT2D eigenvalue weighted by atomic mass is 16.5. The number of carbonyl (C=O) groups is 2. The Morgan fingerprint density at radius 2 is 1.79 bits per heavy atom. The van der Waals surface area contributed by atoms with E-state index in [0.717, 1.165) is 16.7 Å². The summed E-state index contributed by atoms with van der Waals surface area (Å²) in [6.45, 7) is 4.47. The number of rotatable bonds is 4. The summed E-state index contributed by atoms with van der Waals surface area (Å²) in [6, 6.07) is 20.7. The fourth-order valence-corrected chi connectivity index (χ4v) is 3.32. The monoisotopic (exact) mass is 386 g/mol. The van der Waals surface area contributed by atoms with Crippen molar-refractivity contribution in [2.45, 2.75) is 20.4 Å². The molecular weight excluding hydrogens is 364 g/mol. The first-order valence-corrected chi connectivity index (χ1v) is 9.51. The fourth-order valence-electron chi connectivity index (χ4n) is 3.32. The number of fused-ring (bicyclic) bond motifs is 1. The molecule has 0 fully saturated rings. The number of hydrogen-bond donors (Lipinski definition) is 1. The van der Waals surface area contributed by atoms with E-state index in [4.69, 9.17) is 4.74 Å². The van der Waals surface area contributed by atoms with Gasteiger partial charge in [0, 0.05) is 11.3 Å². The molecule has 0 aromatic heterocycles. The van der Waals surface area contributed by atoms with Crippen LogP contribution in [0.25, 0.3) is 0 Å². The first kappa shape index (κ1) is 18.7. The van der Waals surface area contributed by atoms with Gasteiger partial charge in [0.25, 0.3) is 11.8 Å². The van der Waals surface area contributed by atoms with Gasteiger partial charge in [0.05, 0.1) is 12.2 Å². The molecule has 5 heteroatoms. The van der Waals surface area contributed by atoms with E-state index in [1.165, 1.54) is 0 Å². The third-order valence-corrected chi connectivity index (χ3v) is 5.06. The Kier molecular flexibility index (Phi) is 5.04. The van der Waals surface area contributed by atoms with Gasteiger partial charge < -0.3 is 15.0 Å². The van der Waals surface area contributed by atoms with Gasteiger partial charge in [-0.15, -0.1) is 0 Å². The molecule has 2 amide bonds. The standard InChI is InChI=1S/C24H22N2O3/c1-16-7-9-18(10-8-16)24(28)25-20-11-12-22-21(13-20)26(23(27)15-29-22)14-19-6-4-3-5-17(19)2/h3-13H,14-15H2,1-2H3,(H,25,28). The van der Waals surface area contributed by atoms with Crippen LogP contribution in [0.15, 0.2) is 66.7 Å². The van der Waals surface area contributed by atoms with E-state index in [2.05, 4.69) is 5.32 Å². The van der Waals surface area contributed by atoms with Crippen LogP contribution in [-0.4, -0.2) is 18.4 Å². The number of carbonyl (C=O) groups excluding carboxylic acids is 2. The summed E-state index contributed by atoms with van der Waals surface area (Å²) < 4.78 is 5.59. The minimum atomic E-state index is -0.196. The molecular formula is C24H22N2O3. The summed E-state index contributed by atoms with van der Waals surface area (Å²) in [6.07, 6.45) is 0. The van der Waals surface area contributed by atoms with E-state index in [1.54, 1.807) is 35.2 Å². The number of anilines is 2. The summed E-state index contributed by atoms with van der Waals surface area (Å²) in [5, 5.41) is 2.91. The van der Waals surface area contributed by atoms with Gasteiger partial charge in [0.1, 0.15) is 5.75 Å². The van der Waals surface area contributed by atoms with E-state index < -0.39 is 0 Å². The molecule has 1 heterocycles. The lowest BCUT2D eigenvalue weighted by molar-refractivity contribution is -0.121. The Hall–Kier alpha value is -3.60. The number of benzene rings is 3. The van der Waals surface area contributed by atoms with Crippen LogP contribution in [0.5, 0.6) is 5.75 Å². The average Bonchev–Trinajstić information content (AvgIpc) is 2.72. The third-order valence-electron chi connectivity index (χ3n) is 5.06. The Balaban J connectivity index is 1.61. The van der Waals surface area contributed by atoms with Gasteiger partial charge in [-0.25, -0.2) is 0 Å². The van der Waals surface area contributed by atoms with Crippen LogP contribution < -0.4 is 15.0 Å². The Morgan fingerprint density at radius 1 is 1.03 bits per heavy atom. The maximum Gasteiger partial charge on any atom is 0.265 e. The number of amides is 2. The zero-order chi connectivity index (χ0) is 20.4. The van der Waals surface area contributed by atoms with Crippen LogP contribution >= 0.6 is 0 Å². The maximum absolute atomic E-state index is 12.6. The normalized spacial score (nSPS) is 12.9. The lowest BCUT2D eigenvalue weighted by Gasteiger charge is -2.30. The van der Waals surface area contributed by atoms with Crippen LogP contribution in [0.2, 0.25) is 0 Å². The quantitative estimate of drug-likeness (QED) is 0.719. The zero-order valence-electron chi connectivity index (χ0n) is 16.4. The molecule has 146 valence electrons. The molecule has 4 rings (SSSR count). The van der Waals surface area contributed by atoms with Crippen LogP contribution in [0, 0.1) is 13.8 Å². The highest BCUT2D eigenvalue weighted by Gasteiger charge is 2.26. The maximum atomic E-state index is 12.6. The molecule has 0 atom stereocenters. The van der Waals surface area contributed by atoms with Crippen molar-refractivity contribution in [3.05, 3.63) is 89.0 Å². The van der Waals surface area contributed by atoms with Crippen LogP contribution in [0.1, 0.15) is 27.0 Å². The molecule has 5 nitrogen and oxygen atoms in total. The molecule has 0 bridgehead atoms. The van der Waals surface area contributed by atoms with Gasteiger partial charge in [-0.1, -0.05) is 42.0 Å². The van der Waals surface area contributed by atoms with Gasteiger partial charge in [-0.05, 0) is 55.3 Å². The van der Waals surface area contributed by atoms with Crippen LogP contribution in [-0.2, 0) is 11.3 Å². The van der Waals surface area contributed by atoms with Gasteiger partial charge in [-0.3, -0.25) is 9.59 Å². The van der Waals surface area contributed by atoms with E-state index in [1.807, 2.05) is 50.2 Å². The van der Waals surface area contributed by atoms with E-state index in [0.29, 0.717) is 29.2 Å². The summed E-state index contributed by atoms with van der Waals surface area (Å²) >= 11 is 0. The summed E-state index contributed by atoms with van der Waals surface area (Å²) in [5.74, 6) is 0.327. The summed E-state index contributed by atoms with van der Waals surface area (Å²) in [4.78, 5) is 26.8. The minimum absolute atomic E-state index is 0.00789. The van der Waals surface area contributed by atoms with E-state index >= 15 is 0 Å². The Labute approximate surface area is 169 Å². The number of nitrogens with zero attached hydrogens (tertiary/aromatic N) is 1. The Bertz CT molecular complexity index is 1070. The van der Waals surface area contributed by atoms with Crippen molar-refractivity contribution in [2.75, 3.05) is 16.8 Å². The Morgan fingerprint density at radius 3 is 2.55 bits per heavy atom. The van der Waals surface area contributed by atoms with Crippen LogP contribution in [0.3, 0.4) is 0 Å². The molecule has 1 aliphatic rings. The topological polar surface area (TPSA) is 58.6 Å². The predicted octanol–water partition coefficient (Wildman–Crippen LogP) is 4.48. The average molecular weight is 386 g/mol. The summed E-state index contributed by atoms with van der Waals surface area (Å²) in [5.41, 5.74) is 5.14. The summed E-state index contributed by atoms with van der Waals surface area (Å²) in [7, 11) is 0. The fraction of sp³-hybridized carbons (Fsp3) is 0.167. The zero-order valence-corrected chi connectivity index (χ0v) is 16.4. The molecule has 1 N–H and O–H groups in total. The highest BCUT2D eigenvalue weighted by Crippen LogP contribution is 2.36. The molecule has 0 aliphatic carbocycles. The second-order valence-electron chi connectivity index (χ2n) is 7.20. The van der Waals surface area contributed by atoms with Crippen LogP contribution in [0.4, 0.5) is 11.4 Å². The third kappa shape index (κ3) is 3.99. The molecule has 0 saturated carbocycles. The molecule has 0 radical (unpaired) electrons. The molecule has 0 saturated heterocycles. The van der Waals surface area contributed by atoms with Crippen molar-refractivity contribution in [1.82, 2.24) is 0 Å². The molecule has 29 heavy (non-hydrogen) atoms. The molecule has 1 aliphatic heterocycles.